The minimum Gasteiger partial charge on any atom is -0.378 e. The fourth-order valence-electron chi connectivity index (χ4n) is 3.05. The molecule has 1 heterocycles. The first-order valence-corrected chi connectivity index (χ1v) is 8.56. The van der Waals surface area contributed by atoms with Gasteiger partial charge in [0.25, 0.3) is 0 Å². The second kappa shape index (κ2) is 6.27. The van der Waals surface area contributed by atoms with Crippen LogP contribution >= 0.6 is 0 Å². The first-order chi connectivity index (χ1) is 11.4. The molecule has 0 unspecified atom stereocenters. The maximum atomic E-state index is 5.02. The molecule has 24 heavy (non-hydrogen) atoms. The Hall–Kier alpha value is -2.36. The van der Waals surface area contributed by atoms with Crippen LogP contribution in [0.25, 0.3) is 22.1 Å². The number of anilines is 2. The van der Waals surface area contributed by atoms with E-state index in [1.165, 1.54) is 22.5 Å². The predicted octanol–water partition coefficient (Wildman–Crippen LogP) is 4.04. The highest BCUT2D eigenvalue weighted by Crippen LogP contribution is 2.29. The maximum Gasteiger partial charge on any atom is 0.0928 e. The summed E-state index contributed by atoms with van der Waals surface area (Å²) in [5.41, 5.74) is 8.87. The molecule has 0 amide bonds. The molecule has 0 aliphatic heterocycles. The van der Waals surface area contributed by atoms with E-state index in [4.69, 9.17) is 9.97 Å². The number of aromatic nitrogens is 2. The third-order valence-corrected chi connectivity index (χ3v) is 4.57. The molecule has 0 spiro atoms. The van der Waals surface area contributed by atoms with Crippen molar-refractivity contribution in [3.63, 3.8) is 0 Å². The molecular weight excluding hydrogens is 296 g/mol. The zero-order chi connectivity index (χ0) is 17.4. The Bertz CT molecular complexity index is 826. The molecule has 0 saturated carbocycles. The molecular formula is C20H26N4. The van der Waals surface area contributed by atoms with Crippen molar-refractivity contribution in [3.8, 4) is 0 Å². The number of aryl methyl sites for hydroxylation is 2. The summed E-state index contributed by atoms with van der Waals surface area (Å²) in [7, 11) is 8.26. The molecule has 126 valence electrons. The van der Waals surface area contributed by atoms with Gasteiger partial charge in [-0.2, -0.15) is 0 Å². The van der Waals surface area contributed by atoms with Gasteiger partial charge in [0, 0.05) is 39.6 Å². The summed E-state index contributed by atoms with van der Waals surface area (Å²) in [6.45, 7) is 4.35. The fourth-order valence-corrected chi connectivity index (χ4v) is 3.05. The van der Waals surface area contributed by atoms with Crippen molar-refractivity contribution in [2.24, 2.45) is 0 Å². The normalized spacial score (nSPS) is 11.2. The number of hydrogen-bond donors (Lipinski definition) is 0. The lowest BCUT2D eigenvalue weighted by Gasteiger charge is -2.17. The lowest BCUT2D eigenvalue weighted by molar-refractivity contribution is 1.09. The van der Waals surface area contributed by atoms with Gasteiger partial charge in [-0.3, -0.25) is 0 Å². The largest absolute Gasteiger partial charge is 0.378 e. The van der Waals surface area contributed by atoms with E-state index in [-0.39, 0.29) is 0 Å². The second-order valence-electron chi connectivity index (χ2n) is 6.66. The molecule has 4 heteroatoms. The van der Waals surface area contributed by atoms with Gasteiger partial charge in [0.05, 0.1) is 22.1 Å². The highest BCUT2D eigenvalue weighted by Gasteiger charge is 2.12. The smallest absolute Gasteiger partial charge is 0.0928 e. The van der Waals surface area contributed by atoms with Crippen LogP contribution in [0.15, 0.2) is 24.3 Å². The maximum absolute atomic E-state index is 5.02. The lowest BCUT2D eigenvalue weighted by atomic mass is 10.1. The van der Waals surface area contributed by atoms with Gasteiger partial charge in [0.15, 0.2) is 0 Å². The van der Waals surface area contributed by atoms with Crippen LogP contribution in [-0.4, -0.2) is 38.2 Å². The number of rotatable bonds is 4. The lowest BCUT2D eigenvalue weighted by Crippen LogP contribution is -2.10. The van der Waals surface area contributed by atoms with Gasteiger partial charge in [-0.15, -0.1) is 0 Å². The minimum atomic E-state index is 0.954. The van der Waals surface area contributed by atoms with Gasteiger partial charge >= 0.3 is 0 Å². The molecule has 0 saturated heterocycles. The van der Waals surface area contributed by atoms with Crippen LogP contribution in [0.3, 0.4) is 0 Å². The van der Waals surface area contributed by atoms with Crippen LogP contribution in [0.1, 0.15) is 25.0 Å². The molecule has 2 aromatic carbocycles. The molecule has 0 aliphatic rings. The summed E-state index contributed by atoms with van der Waals surface area (Å²) in [4.78, 5) is 14.2. The number of hydrogen-bond acceptors (Lipinski definition) is 4. The SMILES string of the molecule is CCc1cc(N(C)C)cc2nc3cc(N(C)C)cc(CC)c3nc12. The van der Waals surface area contributed by atoms with Crippen LogP contribution in [-0.2, 0) is 12.8 Å². The highest BCUT2D eigenvalue weighted by molar-refractivity contribution is 5.93. The van der Waals surface area contributed by atoms with Crippen molar-refractivity contribution in [1.29, 1.82) is 0 Å². The zero-order valence-electron chi connectivity index (χ0n) is 15.5. The Labute approximate surface area is 144 Å². The van der Waals surface area contributed by atoms with Crippen molar-refractivity contribution in [2.75, 3.05) is 38.0 Å². The van der Waals surface area contributed by atoms with Crippen molar-refractivity contribution in [3.05, 3.63) is 35.4 Å². The Morgan fingerprint density at radius 3 is 1.42 bits per heavy atom. The summed E-state index contributed by atoms with van der Waals surface area (Å²) in [5.74, 6) is 0. The van der Waals surface area contributed by atoms with Crippen molar-refractivity contribution < 1.29 is 0 Å². The van der Waals surface area contributed by atoms with Gasteiger partial charge in [-0.25, -0.2) is 9.97 Å². The first kappa shape index (κ1) is 16.5. The van der Waals surface area contributed by atoms with Gasteiger partial charge in [-0.1, -0.05) is 13.8 Å². The summed E-state index contributed by atoms with van der Waals surface area (Å²) in [6.07, 6.45) is 1.91. The van der Waals surface area contributed by atoms with E-state index in [1.54, 1.807) is 0 Å². The van der Waals surface area contributed by atoms with Gasteiger partial charge < -0.3 is 9.80 Å². The van der Waals surface area contributed by atoms with E-state index >= 15 is 0 Å². The fraction of sp³-hybridized carbons (Fsp3) is 0.400. The average molecular weight is 322 g/mol. The molecule has 4 nitrogen and oxygen atoms in total. The Balaban J connectivity index is 2.38. The van der Waals surface area contributed by atoms with Crippen LogP contribution in [0.5, 0.6) is 0 Å². The average Bonchev–Trinajstić information content (AvgIpc) is 2.57. The van der Waals surface area contributed by atoms with Crippen LogP contribution in [0.2, 0.25) is 0 Å². The Kier molecular flexibility index (Phi) is 4.31. The second-order valence-corrected chi connectivity index (χ2v) is 6.66. The van der Waals surface area contributed by atoms with E-state index < -0.39 is 0 Å². The van der Waals surface area contributed by atoms with E-state index in [0.717, 1.165) is 34.9 Å². The molecule has 0 bridgehead atoms. The summed E-state index contributed by atoms with van der Waals surface area (Å²) in [5, 5.41) is 0. The van der Waals surface area contributed by atoms with Crippen molar-refractivity contribution in [1.82, 2.24) is 9.97 Å². The molecule has 0 N–H and O–H groups in total. The summed E-state index contributed by atoms with van der Waals surface area (Å²) >= 11 is 0. The van der Waals surface area contributed by atoms with Gasteiger partial charge in [-0.05, 0) is 48.2 Å². The third-order valence-electron chi connectivity index (χ3n) is 4.57. The number of fused-ring (bicyclic) bond motifs is 2. The van der Waals surface area contributed by atoms with E-state index in [2.05, 4.69) is 76.1 Å². The molecule has 1 aromatic heterocycles. The van der Waals surface area contributed by atoms with Gasteiger partial charge in [0.1, 0.15) is 0 Å². The quantitative estimate of drug-likeness (QED) is 0.679. The zero-order valence-corrected chi connectivity index (χ0v) is 15.5. The first-order valence-electron chi connectivity index (χ1n) is 8.56. The highest BCUT2D eigenvalue weighted by atomic mass is 15.1. The van der Waals surface area contributed by atoms with E-state index in [0.29, 0.717) is 0 Å². The monoisotopic (exact) mass is 322 g/mol. The topological polar surface area (TPSA) is 32.3 Å². The van der Waals surface area contributed by atoms with E-state index in [1.807, 2.05) is 0 Å². The predicted molar refractivity (Wildman–Crippen MR) is 104 cm³/mol. The van der Waals surface area contributed by atoms with Gasteiger partial charge in [0.2, 0.25) is 0 Å². The Morgan fingerprint density at radius 1 is 0.667 bits per heavy atom. The van der Waals surface area contributed by atoms with Crippen LogP contribution < -0.4 is 9.80 Å². The number of nitrogens with zero attached hydrogens (tertiary/aromatic N) is 4. The molecule has 0 radical (unpaired) electrons. The number of benzene rings is 2. The molecule has 0 fully saturated rings. The molecule has 0 aliphatic carbocycles. The molecule has 3 rings (SSSR count). The van der Waals surface area contributed by atoms with E-state index in [9.17, 15) is 0 Å². The molecule has 3 aromatic rings. The third kappa shape index (κ3) is 2.77. The standard InChI is InChI=1S/C20H26N4/c1-7-13-9-15(23(3)4)11-17-19(13)22-20-14(8-2)10-16(24(5)6)12-18(20)21-17/h9-12H,7-8H2,1-6H3. The van der Waals surface area contributed by atoms with Crippen LogP contribution in [0, 0.1) is 0 Å². The molecule has 0 atom stereocenters. The Morgan fingerprint density at radius 2 is 1.08 bits per heavy atom. The van der Waals surface area contributed by atoms with Crippen LogP contribution in [0.4, 0.5) is 11.4 Å². The van der Waals surface area contributed by atoms with Crippen molar-refractivity contribution in [2.45, 2.75) is 26.7 Å². The minimum absolute atomic E-state index is 0.954. The summed E-state index contributed by atoms with van der Waals surface area (Å²) < 4.78 is 0. The summed E-state index contributed by atoms with van der Waals surface area (Å²) in [6, 6.07) is 8.72. The van der Waals surface area contributed by atoms with Crippen molar-refractivity contribution >= 4 is 33.4 Å².